The van der Waals surface area contributed by atoms with Crippen LogP contribution in [-0.4, -0.2) is 49.1 Å². The molecule has 1 aliphatic heterocycles. The van der Waals surface area contributed by atoms with Crippen molar-refractivity contribution in [2.75, 3.05) is 26.4 Å². The van der Waals surface area contributed by atoms with Crippen LogP contribution in [0.15, 0.2) is 0 Å². The Labute approximate surface area is 109 Å². The standard InChI is InChI=1S/C13H25NO4/c1-10(2)14-13(3,12(15)16)5-7-18-9-11-4-6-17-8-11/h10-11,14H,4-9H2,1-3H3,(H,15,16). The maximum atomic E-state index is 11.3. The van der Waals surface area contributed by atoms with Crippen molar-refractivity contribution in [3.8, 4) is 0 Å². The summed E-state index contributed by atoms with van der Waals surface area (Å²) in [6.45, 7) is 8.29. The van der Waals surface area contributed by atoms with Crippen LogP contribution in [0.1, 0.15) is 33.6 Å². The molecule has 1 fully saturated rings. The van der Waals surface area contributed by atoms with Crippen molar-refractivity contribution in [1.82, 2.24) is 5.32 Å². The van der Waals surface area contributed by atoms with Gasteiger partial charge in [-0.05, 0) is 33.6 Å². The van der Waals surface area contributed by atoms with Crippen molar-refractivity contribution >= 4 is 5.97 Å². The molecular weight excluding hydrogens is 234 g/mol. The number of hydrogen-bond acceptors (Lipinski definition) is 4. The molecule has 2 unspecified atom stereocenters. The minimum atomic E-state index is -0.916. The van der Waals surface area contributed by atoms with Gasteiger partial charge < -0.3 is 14.6 Å². The first kappa shape index (κ1) is 15.4. The average Bonchev–Trinajstić information content (AvgIpc) is 2.76. The summed E-state index contributed by atoms with van der Waals surface area (Å²) in [5, 5.41) is 12.3. The fourth-order valence-corrected chi connectivity index (χ4v) is 2.12. The molecule has 106 valence electrons. The topological polar surface area (TPSA) is 67.8 Å². The maximum absolute atomic E-state index is 11.3. The summed E-state index contributed by atoms with van der Waals surface area (Å²) in [5.74, 6) is -0.358. The molecule has 1 rings (SSSR count). The highest BCUT2D eigenvalue weighted by Crippen LogP contribution is 2.15. The van der Waals surface area contributed by atoms with Crippen molar-refractivity contribution in [2.24, 2.45) is 5.92 Å². The molecule has 0 amide bonds. The number of ether oxygens (including phenoxy) is 2. The fraction of sp³-hybridized carbons (Fsp3) is 0.923. The lowest BCUT2D eigenvalue weighted by Gasteiger charge is -2.28. The van der Waals surface area contributed by atoms with Gasteiger partial charge in [-0.1, -0.05) is 0 Å². The van der Waals surface area contributed by atoms with E-state index >= 15 is 0 Å². The molecule has 18 heavy (non-hydrogen) atoms. The van der Waals surface area contributed by atoms with Gasteiger partial charge in [0.05, 0.1) is 13.2 Å². The van der Waals surface area contributed by atoms with Gasteiger partial charge in [-0.2, -0.15) is 0 Å². The molecule has 0 aliphatic carbocycles. The third-order valence-corrected chi connectivity index (χ3v) is 3.20. The van der Waals surface area contributed by atoms with Crippen LogP contribution < -0.4 is 5.32 Å². The molecule has 1 heterocycles. The Balaban J connectivity index is 2.26. The Hall–Kier alpha value is -0.650. The normalized spacial score (nSPS) is 23.2. The zero-order valence-corrected chi connectivity index (χ0v) is 11.6. The lowest BCUT2D eigenvalue weighted by atomic mass is 9.97. The third kappa shape index (κ3) is 4.92. The van der Waals surface area contributed by atoms with E-state index in [1.54, 1.807) is 6.92 Å². The van der Waals surface area contributed by atoms with E-state index in [1.165, 1.54) is 0 Å². The highest BCUT2D eigenvalue weighted by atomic mass is 16.5. The second-order valence-corrected chi connectivity index (χ2v) is 5.49. The number of carbonyl (C=O) groups is 1. The number of rotatable bonds is 8. The molecule has 0 radical (unpaired) electrons. The van der Waals surface area contributed by atoms with Crippen LogP contribution in [0.4, 0.5) is 0 Å². The third-order valence-electron chi connectivity index (χ3n) is 3.20. The van der Waals surface area contributed by atoms with E-state index in [1.807, 2.05) is 13.8 Å². The number of carboxylic acids is 1. The minimum Gasteiger partial charge on any atom is -0.480 e. The molecule has 0 bridgehead atoms. The summed E-state index contributed by atoms with van der Waals surface area (Å²) >= 11 is 0. The molecule has 2 N–H and O–H groups in total. The molecule has 0 aromatic rings. The van der Waals surface area contributed by atoms with E-state index < -0.39 is 11.5 Å². The Morgan fingerprint density at radius 1 is 1.61 bits per heavy atom. The van der Waals surface area contributed by atoms with Crippen molar-refractivity contribution < 1.29 is 19.4 Å². The average molecular weight is 259 g/mol. The number of nitrogens with one attached hydrogen (secondary N) is 1. The molecule has 0 aromatic carbocycles. The Morgan fingerprint density at radius 2 is 2.33 bits per heavy atom. The summed E-state index contributed by atoms with van der Waals surface area (Å²) in [5.41, 5.74) is -0.916. The van der Waals surface area contributed by atoms with Gasteiger partial charge in [-0.25, -0.2) is 0 Å². The van der Waals surface area contributed by atoms with E-state index in [4.69, 9.17) is 9.47 Å². The number of hydrogen-bond donors (Lipinski definition) is 2. The minimum absolute atomic E-state index is 0.134. The van der Waals surface area contributed by atoms with Gasteiger partial charge in [0.1, 0.15) is 5.54 Å². The molecule has 0 saturated carbocycles. The fourth-order valence-electron chi connectivity index (χ4n) is 2.12. The predicted molar refractivity (Wildman–Crippen MR) is 68.7 cm³/mol. The Bertz CT molecular complexity index is 264. The Kier molecular flexibility index (Phi) is 6.05. The van der Waals surface area contributed by atoms with E-state index in [2.05, 4.69) is 5.32 Å². The Morgan fingerprint density at radius 3 is 2.83 bits per heavy atom. The van der Waals surface area contributed by atoms with Gasteiger partial charge in [0.2, 0.25) is 0 Å². The zero-order chi connectivity index (χ0) is 13.6. The summed E-state index contributed by atoms with van der Waals surface area (Å²) in [6, 6.07) is 0.134. The highest BCUT2D eigenvalue weighted by molar-refractivity contribution is 5.78. The summed E-state index contributed by atoms with van der Waals surface area (Å²) < 4.78 is 10.8. The number of aliphatic carboxylic acids is 1. The first-order chi connectivity index (χ1) is 8.44. The first-order valence-corrected chi connectivity index (χ1v) is 6.60. The zero-order valence-electron chi connectivity index (χ0n) is 11.6. The van der Waals surface area contributed by atoms with Crippen LogP contribution >= 0.6 is 0 Å². The lowest BCUT2D eigenvalue weighted by Crippen LogP contribution is -2.53. The summed E-state index contributed by atoms with van der Waals surface area (Å²) in [7, 11) is 0. The molecule has 5 nitrogen and oxygen atoms in total. The second kappa shape index (κ2) is 7.07. The molecule has 0 spiro atoms. The molecular formula is C13H25NO4. The highest BCUT2D eigenvalue weighted by Gasteiger charge is 2.33. The monoisotopic (exact) mass is 259 g/mol. The van der Waals surface area contributed by atoms with Gasteiger partial charge in [0, 0.05) is 25.2 Å². The van der Waals surface area contributed by atoms with Crippen LogP contribution in [0.3, 0.4) is 0 Å². The van der Waals surface area contributed by atoms with Crippen LogP contribution in [0.2, 0.25) is 0 Å². The molecule has 2 atom stereocenters. The van der Waals surface area contributed by atoms with Gasteiger partial charge in [0.25, 0.3) is 0 Å². The second-order valence-electron chi connectivity index (χ2n) is 5.49. The predicted octanol–water partition coefficient (Wildman–Crippen LogP) is 1.27. The van der Waals surface area contributed by atoms with Gasteiger partial charge in [0.15, 0.2) is 0 Å². The molecule has 1 saturated heterocycles. The van der Waals surface area contributed by atoms with Crippen LogP contribution in [0.25, 0.3) is 0 Å². The van der Waals surface area contributed by atoms with E-state index in [9.17, 15) is 9.90 Å². The van der Waals surface area contributed by atoms with Crippen LogP contribution in [-0.2, 0) is 14.3 Å². The van der Waals surface area contributed by atoms with Gasteiger partial charge >= 0.3 is 5.97 Å². The van der Waals surface area contributed by atoms with Crippen molar-refractivity contribution in [3.05, 3.63) is 0 Å². The van der Waals surface area contributed by atoms with Crippen molar-refractivity contribution in [2.45, 2.75) is 45.2 Å². The summed E-state index contributed by atoms with van der Waals surface area (Å²) in [6.07, 6.45) is 1.51. The first-order valence-electron chi connectivity index (χ1n) is 6.60. The van der Waals surface area contributed by atoms with Gasteiger partial charge in [-0.15, -0.1) is 0 Å². The molecule has 1 aliphatic rings. The van der Waals surface area contributed by atoms with E-state index in [0.29, 0.717) is 25.6 Å². The number of carboxylic acid groups (broad SMARTS) is 1. The molecule has 5 heteroatoms. The van der Waals surface area contributed by atoms with E-state index in [0.717, 1.165) is 19.6 Å². The quantitative estimate of drug-likeness (QED) is 0.643. The van der Waals surface area contributed by atoms with Crippen LogP contribution in [0, 0.1) is 5.92 Å². The van der Waals surface area contributed by atoms with Gasteiger partial charge in [-0.3, -0.25) is 10.1 Å². The van der Waals surface area contributed by atoms with Crippen LogP contribution in [0.5, 0.6) is 0 Å². The smallest absolute Gasteiger partial charge is 0.323 e. The lowest BCUT2D eigenvalue weighted by molar-refractivity contribution is -0.145. The maximum Gasteiger partial charge on any atom is 0.323 e. The molecule has 0 aromatic heterocycles. The SMILES string of the molecule is CC(C)NC(C)(CCOCC1CCOC1)C(=O)O. The van der Waals surface area contributed by atoms with E-state index in [-0.39, 0.29) is 6.04 Å². The van der Waals surface area contributed by atoms with Crippen molar-refractivity contribution in [3.63, 3.8) is 0 Å². The summed E-state index contributed by atoms with van der Waals surface area (Å²) in [4.78, 5) is 11.3. The largest absolute Gasteiger partial charge is 0.480 e. The van der Waals surface area contributed by atoms with Crippen molar-refractivity contribution in [1.29, 1.82) is 0 Å².